The molecule has 21 heavy (non-hydrogen) atoms. The van der Waals surface area contributed by atoms with Crippen molar-refractivity contribution < 1.29 is 4.74 Å². The Bertz CT molecular complexity index is 787. The summed E-state index contributed by atoms with van der Waals surface area (Å²) in [4.78, 5) is 4.72. The molecule has 0 radical (unpaired) electrons. The highest BCUT2D eigenvalue weighted by Gasteiger charge is 2.11. The largest absolute Gasteiger partial charge is 0.496 e. The Balaban J connectivity index is 2.11. The Morgan fingerprint density at radius 1 is 1.14 bits per heavy atom. The molecule has 3 aromatic rings. The minimum absolute atomic E-state index is 0.416. The van der Waals surface area contributed by atoms with Crippen molar-refractivity contribution >= 4 is 5.65 Å². The quantitative estimate of drug-likeness (QED) is 0.709. The van der Waals surface area contributed by atoms with E-state index in [1.54, 1.807) is 7.11 Å². The monoisotopic (exact) mass is 280 g/mol. The molecule has 0 amide bonds. The summed E-state index contributed by atoms with van der Waals surface area (Å²) in [6.07, 6.45) is 4.12. The summed E-state index contributed by atoms with van der Waals surface area (Å²) in [5.41, 5.74) is 5.53. The molecule has 0 aliphatic rings. The molecule has 0 unspecified atom stereocenters. The average Bonchev–Trinajstić information content (AvgIpc) is 2.89. The Morgan fingerprint density at radius 3 is 2.67 bits per heavy atom. The zero-order chi connectivity index (χ0) is 15.0. The number of nitrogens with zero attached hydrogens (tertiary/aromatic N) is 2. The van der Waals surface area contributed by atoms with Crippen molar-refractivity contribution in [2.45, 2.75) is 26.7 Å². The molecular weight excluding hydrogens is 260 g/mol. The van der Waals surface area contributed by atoms with E-state index in [1.165, 1.54) is 11.1 Å². The third-order valence-corrected chi connectivity index (χ3v) is 3.76. The molecule has 0 saturated carbocycles. The number of benzene rings is 1. The lowest BCUT2D eigenvalue weighted by molar-refractivity contribution is 0.407. The summed E-state index contributed by atoms with van der Waals surface area (Å²) in [5, 5.41) is 0. The minimum Gasteiger partial charge on any atom is -0.496 e. The first-order chi connectivity index (χ1) is 10.1. The van der Waals surface area contributed by atoms with Gasteiger partial charge in [-0.25, -0.2) is 4.98 Å². The normalized spacial score (nSPS) is 11.3. The van der Waals surface area contributed by atoms with Crippen LogP contribution in [0, 0.1) is 6.92 Å². The van der Waals surface area contributed by atoms with E-state index in [4.69, 9.17) is 9.72 Å². The molecule has 0 aliphatic carbocycles. The molecule has 3 nitrogen and oxygen atoms in total. The summed E-state index contributed by atoms with van der Waals surface area (Å²) in [7, 11) is 1.72. The van der Waals surface area contributed by atoms with Crippen molar-refractivity contribution in [1.29, 1.82) is 0 Å². The van der Waals surface area contributed by atoms with Crippen molar-refractivity contribution in [1.82, 2.24) is 9.38 Å². The van der Waals surface area contributed by atoms with Gasteiger partial charge in [0.25, 0.3) is 0 Å². The molecule has 0 aliphatic heterocycles. The lowest BCUT2D eigenvalue weighted by Crippen LogP contribution is -1.94. The number of methoxy groups -OCH3 is 1. The lowest BCUT2D eigenvalue weighted by Gasteiger charge is -2.12. The highest BCUT2D eigenvalue weighted by atomic mass is 16.5. The first-order valence-corrected chi connectivity index (χ1v) is 7.22. The molecule has 0 spiro atoms. The van der Waals surface area contributed by atoms with Crippen molar-refractivity contribution in [3.63, 3.8) is 0 Å². The van der Waals surface area contributed by atoms with Crippen LogP contribution in [0.4, 0.5) is 0 Å². The van der Waals surface area contributed by atoms with E-state index in [9.17, 15) is 0 Å². The van der Waals surface area contributed by atoms with Crippen LogP contribution >= 0.6 is 0 Å². The van der Waals surface area contributed by atoms with Gasteiger partial charge in [0.1, 0.15) is 11.4 Å². The van der Waals surface area contributed by atoms with Crippen molar-refractivity contribution in [2.75, 3.05) is 7.11 Å². The predicted octanol–water partition coefficient (Wildman–Crippen LogP) is 4.44. The summed E-state index contributed by atoms with van der Waals surface area (Å²) in [5.74, 6) is 1.35. The van der Waals surface area contributed by atoms with Gasteiger partial charge in [-0.2, -0.15) is 0 Å². The fourth-order valence-corrected chi connectivity index (χ4v) is 2.57. The molecule has 0 fully saturated rings. The van der Waals surface area contributed by atoms with Crippen LogP contribution in [0.15, 0.2) is 42.7 Å². The molecule has 3 heteroatoms. The molecule has 108 valence electrons. The second-order valence-electron chi connectivity index (χ2n) is 5.71. The number of pyridine rings is 1. The maximum atomic E-state index is 5.45. The summed E-state index contributed by atoms with van der Waals surface area (Å²) >= 11 is 0. The van der Waals surface area contributed by atoms with Gasteiger partial charge >= 0.3 is 0 Å². The molecule has 2 heterocycles. The number of aryl methyl sites for hydroxylation is 1. The Labute approximate surface area is 125 Å². The van der Waals surface area contributed by atoms with E-state index in [-0.39, 0.29) is 0 Å². The first kappa shape index (κ1) is 13.7. The molecule has 2 aromatic heterocycles. The molecule has 0 atom stereocenters. The van der Waals surface area contributed by atoms with E-state index < -0.39 is 0 Å². The summed E-state index contributed by atoms with van der Waals surface area (Å²) < 4.78 is 7.50. The number of hydrogen-bond donors (Lipinski definition) is 0. The molecule has 3 rings (SSSR count). The summed E-state index contributed by atoms with van der Waals surface area (Å²) in [6.45, 7) is 6.43. The van der Waals surface area contributed by atoms with E-state index in [0.717, 1.165) is 22.7 Å². The highest BCUT2D eigenvalue weighted by molar-refractivity contribution is 5.65. The van der Waals surface area contributed by atoms with Crippen molar-refractivity contribution in [3.8, 4) is 17.0 Å². The van der Waals surface area contributed by atoms with Gasteiger partial charge in [0.15, 0.2) is 0 Å². The maximum absolute atomic E-state index is 5.45. The Hall–Kier alpha value is -2.29. The number of imidazole rings is 1. The lowest BCUT2D eigenvalue weighted by atomic mass is 9.98. The molecule has 0 bridgehead atoms. The number of rotatable bonds is 3. The van der Waals surface area contributed by atoms with Crippen LogP contribution in [0.5, 0.6) is 5.75 Å². The number of aromatic nitrogens is 2. The van der Waals surface area contributed by atoms with Crippen LogP contribution in [-0.4, -0.2) is 16.5 Å². The van der Waals surface area contributed by atoms with Crippen molar-refractivity contribution in [2.24, 2.45) is 0 Å². The van der Waals surface area contributed by atoms with Gasteiger partial charge in [-0.15, -0.1) is 0 Å². The van der Waals surface area contributed by atoms with Crippen LogP contribution in [0.3, 0.4) is 0 Å². The number of fused-ring (bicyclic) bond motifs is 1. The number of hydrogen-bond acceptors (Lipinski definition) is 2. The standard InChI is InChI=1S/C18H20N2O/c1-12(2)15-10-14(5-6-17(15)21-4)16-11-20-8-7-13(3)9-18(20)19-16/h5-12H,1-4H3. The fourth-order valence-electron chi connectivity index (χ4n) is 2.57. The van der Waals surface area contributed by atoms with Gasteiger partial charge in [-0.1, -0.05) is 13.8 Å². The van der Waals surface area contributed by atoms with E-state index >= 15 is 0 Å². The number of ether oxygens (including phenoxy) is 1. The van der Waals surface area contributed by atoms with Gasteiger partial charge in [0.2, 0.25) is 0 Å². The highest BCUT2D eigenvalue weighted by Crippen LogP contribution is 2.31. The average molecular weight is 280 g/mol. The van der Waals surface area contributed by atoms with E-state index in [0.29, 0.717) is 5.92 Å². The molecular formula is C18H20N2O. The topological polar surface area (TPSA) is 26.5 Å². The molecule has 0 saturated heterocycles. The van der Waals surface area contributed by atoms with Gasteiger partial charge in [-0.3, -0.25) is 0 Å². The van der Waals surface area contributed by atoms with E-state index in [1.807, 2.05) is 12.3 Å². The Kier molecular flexibility index (Phi) is 3.42. The third-order valence-electron chi connectivity index (χ3n) is 3.76. The first-order valence-electron chi connectivity index (χ1n) is 7.22. The minimum atomic E-state index is 0.416. The third kappa shape index (κ3) is 2.51. The van der Waals surface area contributed by atoms with Gasteiger partial charge in [0.05, 0.1) is 12.8 Å². The predicted molar refractivity (Wildman–Crippen MR) is 86.0 cm³/mol. The Morgan fingerprint density at radius 2 is 1.95 bits per heavy atom. The zero-order valence-corrected chi connectivity index (χ0v) is 12.9. The van der Waals surface area contributed by atoms with Crippen molar-refractivity contribution in [3.05, 3.63) is 53.9 Å². The zero-order valence-electron chi connectivity index (χ0n) is 12.9. The maximum Gasteiger partial charge on any atom is 0.137 e. The van der Waals surface area contributed by atoms with Gasteiger partial charge < -0.3 is 9.14 Å². The van der Waals surface area contributed by atoms with Crippen LogP contribution in [0.1, 0.15) is 30.9 Å². The van der Waals surface area contributed by atoms with E-state index in [2.05, 4.69) is 55.6 Å². The molecule has 1 aromatic carbocycles. The van der Waals surface area contributed by atoms with Crippen LogP contribution in [-0.2, 0) is 0 Å². The van der Waals surface area contributed by atoms with Crippen LogP contribution in [0.25, 0.3) is 16.9 Å². The fraction of sp³-hybridized carbons (Fsp3) is 0.278. The second kappa shape index (κ2) is 5.24. The van der Waals surface area contributed by atoms with Gasteiger partial charge in [-0.05, 0) is 54.3 Å². The van der Waals surface area contributed by atoms with Crippen LogP contribution in [0.2, 0.25) is 0 Å². The van der Waals surface area contributed by atoms with Gasteiger partial charge in [0, 0.05) is 18.0 Å². The SMILES string of the molecule is COc1ccc(-c2cn3ccc(C)cc3n2)cc1C(C)C. The summed E-state index contributed by atoms with van der Waals surface area (Å²) in [6, 6.07) is 10.5. The van der Waals surface area contributed by atoms with Crippen LogP contribution < -0.4 is 4.74 Å². The molecule has 0 N–H and O–H groups in total. The smallest absolute Gasteiger partial charge is 0.137 e. The second-order valence-corrected chi connectivity index (χ2v) is 5.71.